The average Bonchev–Trinajstić information content (AvgIpc) is 2.27. The van der Waals surface area contributed by atoms with Crippen LogP contribution in [0.15, 0.2) is 0 Å². The van der Waals surface area contributed by atoms with E-state index in [1.165, 1.54) is 12.8 Å². The zero-order valence-electron chi connectivity index (χ0n) is 12.0. The molecule has 3 heteroatoms. The van der Waals surface area contributed by atoms with E-state index in [-0.39, 0.29) is 23.4 Å². The van der Waals surface area contributed by atoms with Crippen LogP contribution in [0.3, 0.4) is 0 Å². The minimum absolute atomic E-state index is 0.0125. The Balaban J connectivity index is 2.47. The van der Waals surface area contributed by atoms with Gasteiger partial charge in [-0.05, 0) is 37.6 Å². The maximum absolute atomic E-state index is 12.1. The fourth-order valence-electron chi connectivity index (χ4n) is 2.10. The van der Waals surface area contributed by atoms with Gasteiger partial charge in [-0.3, -0.25) is 4.79 Å². The SMILES string of the molecule is CCC1CCNC(C(=O)NC(C)C(C)(C)C)C1. The summed E-state index contributed by atoms with van der Waals surface area (Å²) in [6, 6.07) is 0.220. The number of nitrogens with one attached hydrogen (secondary N) is 2. The summed E-state index contributed by atoms with van der Waals surface area (Å²) >= 11 is 0. The molecule has 0 aromatic heterocycles. The van der Waals surface area contributed by atoms with E-state index >= 15 is 0 Å². The largest absolute Gasteiger partial charge is 0.352 e. The summed E-state index contributed by atoms with van der Waals surface area (Å²) in [7, 11) is 0. The highest BCUT2D eigenvalue weighted by atomic mass is 16.2. The number of piperidine rings is 1. The van der Waals surface area contributed by atoms with E-state index in [2.05, 4.69) is 45.3 Å². The second-order valence-electron chi connectivity index (χ2n) is 6.40. The molecule has 0 radical (unpaired) electrons. The van der Waals surface area contributed by atoms with Crippen LogP contribution in [0.5, 0.6) is 0 Å². The van der Waals surface area contributed by atoms with Gasteiger partial charge >= 0.3 is 0 Å². The third kappa shape index (κ3) is 4.30. The van der Waals surface area contributed by atoms with Crippen molar-refractivity contribution < 1.29 is 4.79 Å². The van der Waals surface area contributed by atoms with Crippen molar-refractivity contribution in [3.05, 3.63) is 0 Å². The van der Waals surface area contributed by atoms with Crippen LogP contribution in [0.1, 0.15) is 53.9 Å². The van der Waals surface area contributed by atoms with Crippen LogP contribution in [0, 0.1) is 11.3 Å². The summed E-state index contributed by atoms with van der Waals surface area (Å²) in [6.45, 7) is 11.7. The predicted molar refractivity (Wildman–Crippen MR) is 71.9 cm³/mol. The van der Waals surface area contributed by atoms with Crippen molar-refractivity contribution in [3.63, 3.8) is 0 Å². The number of hydrogen-bond donors (Lipinski definition) is 2. The normalized spacial score (nSPS) is 27.6. The van der Waals surface area contributed by atoms with Crippen molar-refractivity contribution in [2.45, 2.75) is 66.0 Å². The first-order valence-electron chi connectivity index (χ1n) is 6.88. The molecule has 1 aliphatic heterocycles. The Morgan fingerprint density at radius 1 is 1.47 bits per heavy atom. The zero-order valence-corrected chi connectivity index (χ0v) is 12.0. The van der Waals surface area contributed by atoms with E-state index < -0.39 is 0 Å². The Labute approximate surface area is 106 Å². The summed E-state index contributed by atoms with van der Waals surface area (Å²) in [5.41, 5.74) is 0.120. The van der Waals surface area contributed by atoms with E-state index in [1.807, 2.05) is 0 Å². The van der Waals surface area contributed by atoms with Crippen molar-refractivity contribution in [2.75, 3.05) is 6.54 Å². The lowest BCUT2D eigenvalue weighted by Gasteiger charge is -2.33. The van der Waals surface area contributed by atoms with E-state index in [9.17, 15) is 4.79 Å². The molecule has 3 atom stereocenters. The number of carbonyl (C=O) groups excluding carboxylic acids is 1. The van der Waals surface area contributed by atoms with Crippen LogP contribution in [0.25, 0.3) is 0 Å². The average molecular weight is 240 g/mol. The topological polar surface area (TPSA) is 41.1 Å². The van der Waals surface area contributed by atoms with Gasteiger partial charge in [-0.1, -0.05) is 34.1 Å². The minimum Gasteiger partial charge on any atom is -0.352 e. The molecule has 3 nitrogen and oxygen atoms in total. The number of amides is 1. The lowest BCUT2D eigenvalue weighted by Crippen LogP contribution is -2.52. The van der Waals surface area contributed by atoms with Crippen molar-refractivity contribution in [3.8, 4) is 0 Å². The fraction of sp³-hybridized carbons (Fsp3) is 0.929. The molecule has 0 saturated carbocycles. The Kier molecular flexibility index (Phi) is 4.99. The summed E-state index contributed by atoms with van der Waals surface area (Å²) < 4.78 is 0. The molecule has 2 N–H and O–H groups in total. The van der Waals surface area contributed by atoms with E-state index in [0.717, 1.165) is 13.0 Å². The second-order valence-corrected chi connectivity index (χ2v) is 6.40. The number of carbonyl (C=O) groups is 1. The van der Waals surface area contributed by atoms with Gasteiger partial charge in [-0.15, -0.1) is 0 Å². The summed E-state index contributed by atoms with van der Waals surface area (Å²) in [6.07, 6.45) is 3.37. The van der Waals surface area contributed by atoms with Crippen LogP contribution < -0.4 is 10.6 Å². The summed E-state index contributed by atoms with van der Waals surface area (Å²) in [5, 5.41) is 6.46. The monoisotopic (exact) mass is 240 g/mol. The van der Waals surface area contributed by atoms with Crippen molar-refractivity contribution >= 4 is 5.91 Å². The predicted octanol–water partition coefficient (Wildman–Crippen LogP) is 2.32. The smallest absolute Gasteiger partial charge is 0.237 e. The Hall–Kier alpha value is -0.570. The number of rotatable bonds is 3. The van der Waals surface area contributed by atoms with Crippen molar-refractivity contribution in [2.24, 2.45) is 11.3 Å². The first kappa shape index (κ1) is 14.5. The molecule has 1 amide bonds. The van der Waals surface area contributed by atoms with Gasteiger partial charge in [0.05, 0.1) is 6.04 Å². The first-order chi connectivity index (χ1) is 7.84. The molecule has 0 bridgehead atoms. The van der Waals surface area contributed by atoms with Gasteiger partial charge in [0.15, 0.2) is 0 Å². The molecular weight excluding hydrogens is 212 g/mol. The molecule has 0 aliphatic carbocycles. The van der Waals surface area contributed by atoms with Crippen LogP contribution in [0.2, 0.25) is 0 Å². The van der Waals surface area contributed by atoms with E-state index in [1.54, 1.807) is 0 Å². The van der Waals surface area contributed by atoms with Gasteiger partial charge < -0.3 is 10.6 Å². The van der Waals surface area contributed by atoms with E-state index in [4.69, 9.17) is 0 Å². The third-order valence-electron chi connectivity index (χ3n) is 4.06. The lowest BCUT2D eigenvalue weighted by atomic mass is 9.86. The lowest BCUT2D eigenvalue weighted by molar-refractivity contribution is -0.125. The molecule has 3 unspecified atom stereocenters. The summed E-state index contributed by atoms with van der Waals surface area (Å²) in [5.74, 6) is 0.877. The molecule has 1 rings (SSSR count). The van der Waals surface area contributed by atoms with Gasteiger partial charge in [-0.2, -0.15) is 0 Å². The fourth-order valence-corrected chi connectivity index (χ4v) is 2.10. The van der Waals surface area contributed by atoms with Gasteiger partial charge in [0.25, 0.3) is 0 Å². The van der Waals surface area contributed by atoms with Gasteiger partial charge in [0, 0.05) is 6.04 Å². The standard InChI is InChI=1S/C14H28N2O/c1-6-11-7-8-15-12(9-11)13(17)16-10(2)14(3,4)5/h10-12,15H,6-9H2,1-5H3,(H,16,17). The van der Waals surface area contributed by atoms with Crippen LogP contribution in [0.4, 0.5) is 0 Å². The van der Waals surface area contributed by atoms with Crippen LogP contribution in [-0.2, 0) is 4.79 Å². The Bertz CT molecular complexity index is 257. The first-order valence-corrected chi connectivity index (χ1v) is 6.88. The maximum Gasteiger partial charge on any atom is 0.237 e. The van der Waals surface area contributed by atoms with Gasteiger partial charge in [0.1, 0.15) is 0 Å². The zero-order chi connectivity index (χ0) is 13.1. The molecule has 1 heterocycles. The molecule has 1 fully saturated rings. The highest BCUT2D eigenvalue weighted by molar-refractivity contribution is 5.82. The molecule has 1 saturated heterocycles. The van der Waals surface area contributed by atoms with Crippen LogP contribution >= 0.6 is 0 Å². The molecule has 1 aliphatic rings. The highest BCUT2D eigenvalue weighted by Gasteiger charge is 2.29. The quantitative estimate of drug-likeness (QED) is 0.795. The molecule has 100 valence electrons. The minimum atomic E-state index is 0.0125. The molecular formula is C14H28N2O. The van der Waals surface area contributed by atoms with Crippen molar-refractivity contribution in [1.82, 2.24) is 10.6 Å². The van der Waals surface area contributed by atoms with Crippen molar-refractivity contribution in [1.29, 1.82) is 0 Å². The maximum atomic E-state index is 12.1. The van der Waals surface area contributed by atoms with Crippen LogP contribution in [-0.4, -0.2) is 24.5 Å². The molecule has 0 spiro atoms. The summed E-state index contributed by atoms with van der Waals surface area (Å²) in [4.78, 5) is 12.1. The Morgan fingerprint density at radius 3 is 2.65 bits per heavy atom. The van der Waals surface area contributed by atoms with Gasteiger partial charge in [0.2, 0.25) is 5.91 Å². The molecule has 0 aromatic rings. The second kappa shape index (κ2) is 5.85. The van der Waals surface area contributed by atoms with E-state index in [0.29, 0.717) is 5.92 Å². The Morgan fingerprint density at radius 2 is 2.12 bits per heavy atom. The highest BCUT2D eigenvalue weighted by Crippen LogP contribution is 2.21. The molecule has 0 aromatic carbocycles. The third-order valence-corrected chi connectivity index (χ3v) is 4.06. The van der Waals surface area contributed by atoms with Gasteiger partial charge in [-0.25, -0.2) is 0 Å². The number of hydrogen-bond acceptors (Lipinski definition) is 2. The molecule has 17 heavy (non-hydrogen) atoms.